The molecule has 0 radical (unpaired) electrons. The number of carbonyl (C=O) groups excluding carboxylic acids is 2. The van der Waals surface area contributed by atoms with Gasteiger partial charge in [0.15, 0.2) is 13.2 Å². The van der Waals surface area contributed by atoms with Crippen molar-refractivity contribution < 1.29 is 19.1 Å². The summed E-state index contributed by atoms with van der Waals surface area (Å²) in [6.45, 7) is 5.96. The smallest absolute Gasteiger partial charge is 0.344 e. The standard InChI is InChI=1S/C20H25N3O4/c1-20(2,3)16-6-8-17(9-7-16)26-15-19(25)27-14-18(24)23(12-4-10-21)13-5-11-22/h6-9H,4-5,12-15H2,1-3H3. The van der Waals surface area contributed by atoms with Crippen molar-refractivity contribution in [3.05, 3.63) is 29.8 Å². The molecule has 0 spiro atoms. The Morgan fingerprint density at radius 3 is 2.04 bits per heavy atom. The zero-order valence-electron chi connectivity index (χ0n) is 16.0. The minimum absolute atomic E-state index is 0.0286. The Morgan fingerprint density at radius 2 is 1.56 bits per heavy atom. The highest BCUT2D eigenvalue weighted by Gasteiger charge is 2.16. The Kier molecular flexibility index (Phi) is 8.81. The lowest BCUT2D eigenvalue weighted by Crippen LogP contribution is -2.36. The molecular formula is C20H25N3O4. The summed E-state index contributed by atoms with van der Waals surface area (Å²) in [5.74, 6) is -0.567. The highest BCUT2D eigenvalue weighted by atomic mass is 16.6. The van der Waals surface area contributed by atoms with Gasteiger partial charge >= 0.3 is 5.97 Å². The average Bonchev–Trinajstić information content (AvgIpc) is 2.64. The van der Waals surface area contributed by atoms with Crippen molar-refractivity contribution in [3.8, 4) is 17.9 Å². The van der Waals surface area contributed by atoms with Crippen LogP contribution in [-0.4, -0.2) is 43.1 Å². The van der Waals surface area contributed by atoms with E-state index < -0.39 is 18.5 Å². The molecule has 0 aliphatic rings. The molecule has 0 aliphatic carbocycles. The van der Waals surface area contributed by atoms with E-state index in [0.717, 1.165) is 5.56 Å². The van der Waals surface area contributed by atoms with Crippen LogP contribution >= 0.6 is 0 Å². The molecular weight excluding hydrogens is 346 g/mol. The van der Waals surface area contributed by atoms with Crippen molar-refractivity contribution in [2.45, 2.75) is 39.0 Å². The first kappa shape index (κ1) is 22.0. The van der Waals surface area contributed by atoms with Crippen LogP contribution in [-0.2, 0) is 19.7 Å². The third-order valence-corrected chi connectivity index (χ3v) is 3.77. The Bertz CT molecular complexity index is 691. The number of nitriles is 2. The van der Waals surface area contributed by atoms with Gasteiger partial charge in [0.25, 0.3) is 5.91 Å². The van der Waals surface area contributed by atoms with E-state index in [0.29, 0.717) is 5.75 Å². The van der Waals surface area contributed by atoms with E-state index in [-0.39, 0.29) is 38.0 Å². The van der Waals surface area contributed by atoms with Crippen molar-refractivity contribution in [2.75, 3.05) is 26.3 Å². The first-order chi connectivity index (χ1) is 12.8. The second-order valence-electron chi connectivity index (χ2n) is 6.92. The summed E-state index contributed by atoms with van der Waals surface area (Å²) in [4.78, 5) is 25.2. The number of esters is 1. The molecule has 0 aromatic heterocycles. The fraction of sp³-hybridized carbons (Fsp3) is 0.500. The zero-order chi connectivity index (χ0) is 20.3. The number of ether oxygens (including phenoxy) is 2. The lowest BCUT2D eigenvalue weighted by Gasteiger charge is -2.20. The van der Waals surface area contributed by atoms with Gasteiger partial charge in [-0.1, -0.05) is 32.9 Å². The maximum absolute atomic E-state index is 12.1. The molecule has 1 aromatic carbocycles. The lowest BCUT2D eigenvalue weighted by molar-refractivity contribution is -0.153. The largest absolute Gasteiger partial charge is 0.482 e. The van der Waals surface area contributed by atoms with Crippen LogP contribution in [0, 0.1) is 22.7 Å². The summed E-state index contributed by atoms with van der Waals surface area (Å²) in [5.41, 5.74) is 1.18. The first-order valence-electron chi connectivity index (χ1n) is 8.68. The van der Waals surface area contributed by atoms with Gasteiger partial charge in [0.1, 0.15) is 5.75 Å². The van der Waals surface area contributed by atoms with Gasteiger partial charge in [-0.05, 0) is 23.1 Å². The molecule has 1 aromatic rings. The zero-order valence-corrected chi connectivity index (χ0v) is 16.0. The van der Waals surface area contributed by atoms with E-state index in [1.807, 2.05) is 24.3 Å². The van der Waals surface area contributed by atoms with Crippen LogP contribution in [0.15, 0.2) is 24.3 Å². The van der Waals surface area contributed by atoms with Gasteiger partial charge in [-0.2, -0.15) is 10.5 Å². The van der Waals surface area contributed by atoms with E-state index in [1.54, 1.807) is 12.1 Å². The Balaban J connectivity index is 2.44. The van der Waals surface area contributed by atoms with Gasteiger partial charge in [0.2, 0.25) is 0 Å². The average molecular weight is 371 g/mol. The van der Waals surface area contributed by atoms with Gasteiger partial charge in [0.05, 0.1) is 25.0 Å². The van der Waals surface area contributed by atoms with Crippen molar-refractivity contribution >= 4 is 11.9 Å². The Morgan fingerprint density at radius 1 is 1.00 bits per heavy atom. The Hall–Kier alpha value is -3.06. The summed E-state index contributed by atoms with van der Waals surface area (Å²) < 4.78 is 10.3. The minimum atomic E-state index is -0.663. The monoisotopic (exact) mass is 371 g/mol. The SMILES string of the molecule is CC(C)(C)c1ccc(OCC(=O)OCC(=O)N(CCC#N)CCC#N)cc1. The summed E-state index contributed by atoms with van der Waals surface area (Å²) >= 11 is 0. The van der Waals surface area contributed by atoms with Gasteiger partial charge in [-0.3, -0.25) is 4.79 Å². The molecule has 0 saturated carbocycles. The predicted octanol–water partition coefficient (Wildman–Crippen LogP) is 2.56. The van der Waals surface area contributed by atoms with Crippen LogP contribution in [0.1, 0.15) is 39.2 Å². The molecule has 0 fully saturated rings. The lowest BCUT2D eigenvalue weighted by atomic mass is 9.87. The Labute approximate surface area is 160 Å². The fourth-order valence-corrected chi connectivity index (χ4v) is 2.20. The molecule has 0 unspecified atom stereocenters. The van der Waals surface area contributed by atoms with E-state index in [4.69, 9.17) is 20.0 Å². The van der Waals surface area contributed by atoms with E-state index in [1.165, 1.54) is 4.90 Å². The van der Waals surface area contributed by atoms with Gasteiger partial charge in [0, 0.05) is 13.1 Å². The molecule has 144 valence electrons. The molecule has 0 heterocycles. The summed E-state index contributed by atoms with van der Waals surface area (Å²) in [6, 6.07) is 11.3. The maximum Gasteiger partial charge on any atom is 0.344 e. The van der Waals surface area contributed by atoms with E-state index >= 15 is 0 Å². The quantitative estimate of drug-likeness (QED) is 0.618. The number of carbonyl (C=O) groups is 2. The predicted molar refractivity (Wildman–Crippen MR) is 98.6 cm³/mol. The molecule has 0 N–H and O–H groups in total. The number of benzene rings is 1. The summed E-state index contributed by atoms with van der Waals surface area (Å²) in [7, 11) is 0. The number of amides is 1. The first-order valence-corrected chi connectivity index (χ1v) is 8.68. The second-order valence-corrected chi connectivity index (χ2v) is 6.92. The third kappa shape index (κ3) is 8.24. The van der Waals surface area contributed by atoms with Gasteiger partial charge < -0.3 is 14.4 Å². The third-order valence-electron chi connectivity index (χ3n) is 3.77. The van der Waals surface area contributed by atoms with Crippen molar-refractivity contribution in [2.24, 2.45) is 0 Å². The van der Waals surface area contributed by atoms with E-state index in [2.05, 4.69) is 20.8 Å². The molecule has 1 amide bonds. The van der Waals surface area contributed by atoms with Crippen molar-refractivity contribution in [3.63, 3.8) is 0 Å². The number of rotatable bonds is 9. The molecule has 1 rings (SSSR count). The van der Waals surface area contributed by atoms with Crippen LogP contribution in [0.4, 0.5) is 0 Å². The van der Waals surface area contributed by atoms with Crippen LogP contribution in [0.2, 0.25) is 0 Å². The van der Waals surface area contributed by atoms with E-state index in [9.17, 15) is 9.59 Å². The number of hydrogen-bond donors (Lipinski definition) is 0. The van der Waals surface area contributed by atoms with Crippen LogP contribution in [0.5, 0.6) is 5.75 Å². The molecule has 27 heavy (non-hydrogen) atoms. The highest BCUT2D eigenvalue weighted by molar-refractivity contribution is 5.81. The molecule has 0 aliphatic heterocycles. The molecule has 0 saturated heterocycles. The molecule has 7 nitrogen and oxygen atoms in total. The summed E-state index contributed by atoms with van der Waals surface area (Å²) in [5, 5.41) is 17.3. The van der Waals surface area contributed by atoms with Crippen molar-refractivity contribution in [1.82, 2.24) is 4.90 Å². The topological polar surface area (TPSA) is 103 Å². The van der Waals surface area contributed by atoms with Crippen LogP contribution in [0.25, 0.3) is 0 Å². The molecule has 0 bridgehead atoms. The highest BCUT2D eigenvalue weighted by Crippen LogP contribution is 2.24. The minimum Gasteiger partial charge on any atom is -0.482 e. The molecule has 7 heteroatoms. The second kappa shape index (κ2) is 10.8. The maximum atomic E-state index is 12.1. The van der Waals surface area contributed by atoms with Gasteiger partial charge in [-0.25, -0.2) is 4.79 Å². The van der Waals surface area contributed by atoms with Crippen molar-refractivity contribution in [1.29, 1.82) is 10.5 Å². The summed E-state index contributed by atoms with van der Waals surface area (Å²) in [6.07, 6.45) is 0.303. The number of hydrogen-bond acceptors (Lipinski definition) is 6. The normalized spacial score (nSPS) is 10.4. The fourth-order valence-electron chi connectivity index (χ4n) is 2.20. The number of nitrogens with zero attached hydrogens (tertiary/aromatic N) is 3. The van der Waals surface area contributed by atoms with Crippen LogP contribution in [0.3, 0.4) is 0 Å². The van der Waals surface area contributed by atoms with Gasteiger partial charge in [-0.15, -0.1) is 0 Å². The van der Waals surface area contributed by atoms with Crippen LogP contribution < -0.4 is 4.74 Å². The molecule has 0 atom stereocenters.